The van der Waals surface area contributed by atoms with E-state index in [0.29, 0.717) is 28.7 Å². The molecule has 0 saturated heterocycles. The number of benzene rings is 2. The molecule has 0 aliphatic carbocycles. The number of halogens is 8. The largest absolute Gasteiger partial charge is 0.490 e. The van der Waals surface area contributed by atoms with Gasteiger partial charge in [0.2, 0.25) is 6.79 Å². The monoisotopic (exact) mass is 516 g/mol. The van der Waals surface area contributed by atoms with E-state index in [0.717, 1.165) is 0 Å². The molecule has 0 spiro atoms. The Balaban J connectivity index is 1.75. The van der Waals surface area contributed by atoms with E-state index in [9.17, 15) is 30.7 Å². The van der Waals surface area contributed by atoms with Crippen molar-refractivity contribution in [2.45, 2.75) is 31.7 Å². The molecule has 0 fully saturated rings. The van der Waals surface area contributed by atoms with Crippen molar-refractivity contribution in [3.05, 3.63) is 46.5 Å². The lowest BCUT2D eigenvalue weighted by Gasteiger charge is -2.27. The van der Waals surface area contributed by atoms with E-state index in [4.69, 9.17) is 30.5 Å². The van der Waals surface area contributed by atoms with Crippen molar-refractivity contribution < 1.29 is 49.7 Å². The highest BCUT2D eigenvalue weighted by atomic mass is 35.5. The van der Waals surface area contributed by atoms with Gasteiger partial charge in [0.15, 0.2) is 23.0 Å². The Morgan fingerprint density at radius 2 is 1.74 bits per heavy atom. The summed E-state index contributed by atoms with van der Waals surface area (Å²) in [7, 11) is 0. The van der Waals surface area contributed by atoms with Gasteiger partial charge in [-0.2, -0.15) is 35.8 Å². The Morgan fingerprint density at radius 1 is 1.03 bits per heavy atom. The van der Waals surface area contributed by atoms with Crippen LogP contribution in [0.3, 0.4) is 0 Å². The third-order valence-corrected chi connectivity index (χ3v) is 4.60. The molecule has 3 rings (SSSR count). The number of hydrogen-bond donors (Lipinski definition) is 1. The van der Waals surface area contributed by atoms with Crippen LogP contribution in [0.5, 0.6) is 23.0 Å². The molecule has 0 amide bonds. The molecule has 0 saturated carbocycles. The first kappa shape index (κ1) is 25.5. The zero-order chi connectivity index (χ0) is 25.1. The fraction of sp³-hybridized carbons (Fsp3) is 0.350. The Labute approximate surface area is 193 Å². The van der Waals surface area contributed by atoms with Crippen LogP contribution in [0.15, 0.2) is 35.4 Å². The second-order valence-corrected chi connectivity index (χ2v) is 7.16. The van der Waals surface area contributed by atoms with Crippen molar-refractivity contribution in [2.24, 2.45) is 5.10 Å². The van der Waals surface area contributed by atoms with E-state index in [-0.39, 0.29) is 42.1 Å². The van der Waals surface area contributed by atoms with Crippen molar-refractivity contribution in [1.82, 2.24) is 5.43 Å². The predicted octanol–water partition coefficient (Wildman–Crippen LogP) is 5.76. The fourth-order valence-corrected chi connectivity index (χ4v) is 2.96. The molecule has 14 heteroatoms. The highest BCUT2D eigenvalue weighted by Crippen LogP contribution is 2.45. The van der Waals surface area contributed by atoms with E-state index in [1.807, 2.05) is 0 Å². The van der Waals surface area contributed by atoms with E-state index in [1.54, 1.807) is 25.1 Å². The van der Waals surface area contributed by atoms with Crippen LogP contribution in [0, 0.1) is 0 Å². The topological polar surface area (TPSA) is 61.3 Å². The maximum atomic E-state index is 13.3. The molecule has 34 heavy (non-hydrogen) atoms. The number of rotatable bonds is 9. The van der Waals surface area contributed by atoms with Gasteiger partial charge >= 0.3 is 18.1 Å². The number of hydrazone groups is 1. The maximum absolute atomic E-state index is 13.3. The standard InChI is InChI=1S/C20H16ClF7N2O4/c1-2-31-16-7-12(8-29-30-20(27,28)18(22,23)19(24,25)26)5-13(21)17(16)32-9-11-3-4-14-15(6-11)34-10-33-14/h3-8,30H,2,9-10H2,1H3/b29-8+. The first-order valence-corrected chi connectivity index (χ1v) is 9.83. The molecule has 1 aliphatic rings. The zero-order valence-electron chi connectivity index (χ0n) is 17.2. The van der Waals surface area contributed by atoms with Gasteiger partial charge in [0, 0.05) is 0 Å². The normalized spacial score (nSPS) is 13.9. The molecule has 1 N–H and O–H groups in total. The summed E-state index contributed by atoms with van der Waals surface area (Å²) in [5.74, 6) is -5.10. The Kier molecular flexibility index (Phi) is 7.24. The minimum Gasteiger partial charge on any atom is -0.490 e. The van der Waals surface area contributed by atoms with Crippen LogP contribution in [0.25, 0.3) is 0 Å². The summed E-state index contributed by atoms with van der Waals surface area (Å²) < 4.78 is 111. The Hall–Kier alpha value is -3.09. The maximum Gasteiger partial charge on any atom is 0.462 e. The van der Waals surface area contributed by atoms with Crippen LogP contribution >= 0.6 is 11.6 Å². The third kappa shape index (κ3) is 5.34. The van der Waals surface area contributed by atoms with Crippen molar-refractivity contribution in [3.8, 4) is 23.0 Å². The fourth-order valence-electron chi connectivity index (χ4n) is 2.69. The summed E-state index contributed by atoms with van der Waals surface area (Å²) in [5, 5.41) is 2.75. The first-order valence-electron chi connectivity index (χ1n) is 9.46. The van der Waals surface area contributed by atoms with Gasteiger partial charge in [0.05, 0.1) is 17.8 Å². The average molecular weight is 517 g/mol. The van der Waals surface area contributed by atoms with Crippen molar-refractivity contribution >= 4 is 17.8 Å². The average Bonchev–Trinajstić information content (AvgIpc) is 3.20. The van der Waals surface area contributed by atoms with Crippen molar-refractivity contribution in [3.63, 3.8) is 0 Å². The van der Waals surface area contributed by atoms with E-state index in [1.165, 1.54) is 12.1 Å². The van der Waals surface area contributed by atoms with Gasteiger partial charge in [0.25, 0.3) is 0 Å². The highest BCUT2D eigenvalue weighted by molar-refractivity contribution is 6.32. The molecule has 0 atom stereocenters. The number of alkyl halides is 7. The van der Waals surface area contributed by atoms with Gasteiger partial charge in [0.1, 0.15) is 6.61 Å². The van der Waals surface area contributed by atoms with Crippen LogP contribution < -0.4 is 24.4 Å². The van der Waals surface area contributed by atoms with Gasteiger partial charge < -0.3 is 18.9 Å². The summed E-state index contributed by atoms with van der Waals surface area (Å²) in [4.78, 5) is 0. The summed E-state index contributed by atoms with van der Waals surface area (Å²) in [6.07, 6.45) is -5.90. The number of nitrogens with one attached hydrogen (secondary N) is 1. The smallest absolute Gasteiger partial charge is 0.462 e. The van der Waals surface area contributed by atoms with Crippen LogP contribution in [0.2, 0.25) is 5.02 Å². The molecule has 0 unspecified atom stereocenters. The lowest BCUT2D eigenvalue weighted by Crippen LogP contribution is -2.58. The van der Waals surface area contributed by atoms with Gasteiger partial charge in [-0.15, -0.1) is 0 Å². The number of fused-ring (bicyclic) bond motifs is 1. The summed E-state index contributed by atoms with van der Waals surface area (Å²) >= 11 is 6.18. The highest BCUT2D eigenvalue weighted by Gasteiger charge is 2.73. The number of hydrogen-bond acceptors (Lipinski definition) is 6. The van der Waals surface area contributed by atoms with Gasteiger partial charge in [-0.05, 0) is 42.3 Å². The van der Waals surface area contributed by atoms with Gasteiger partial charge in [-0.25, -0.2) is 5.43 Å². The lowest BCUT2D eigenvalue weighted by atomic mass is 10.2. The van der Waals surface area contributed by atoms with E-state index < -0.39 is 18.1 Å². The van der Waals surface area contributed by atoms with Crippen LogP contribution in [0.4, 0.5) is 30.7 Å². The predicted molar refractivity (Wildman–Crippen MR) is 106 cm³/mol. The molecule has 2 aromatic rings. The molecule has 1 aliphatic heterocycles. The minimum absolute atomic E-state index is 0.0319. The molecule has 1 heterocycles. The summed E-state index contributed by atoms with van der Waals surface area (Å²) in [5.41, 5.74) is 1.20. The van der Waals surface area contributed by atoms with Crippen molar-refractivity contribution in [1.29, 1.82) is 0 Å². The zero-order valence-corrected chi connectivity index (χ0v) is 17.9. The quantitative estimate of drug-likeness (QED) is 0.199. The lowest BCUT2D eigenvalue weighted by molar-refractivity contribution is -0.361. The SMILES string of the molecule is CCOc1cc(/C=N/NC(F)(F)C(F)(F)C(F)(F)F)cc(Cl)c1OCc1ccc2c(c1)OCO2. The molecule has 0 aromatic heterocycles. The van der Waals surface area contributed by atoms with Crippen LogP contribution in [0.1, 0.15) is 18.1 Å². The van der Waals surface area contributed by atoms with Crippen LogP contribution in [-0.2, 0) is 6.61 Å². The van der Waals surface area contributed by atoms with E-state index >= 15 is 0 Å². The van der Waals surface area contributed by atoms with Crippen molar-refractivity contribution in [2.75, 3.05) is 13.4 Å². The molecule has 6 nitrogen and oxygen atoms in total. The van der Waals surface area contributed by atoms with Gasteiger partial charge in [-0.1, -0.05) is 17.7 Å². The molecule has 0 radical (unpaired) electrons. The molecule has 2 aromatic carbocycles. The number of ether oxygens (including phenoxy) is 4. The summed E-state index contributed by atoms with van der Waals surface area (Å²) in [6, 6.07) is 1.82. The van der Waals surface area contributed by atoms with Gasteiger partial charge in [-0.3, -0.25) is 0 Å². The second kappa shape index (κ2) is 9.65. The van der Waals surface area contributed by atoms with Crippen LogP contribution in [-0.4, -0.2) is 37.8 Å². The molecule has 0 bridgehead atoms. The summed E-state index contributed by atoms with van der Waals surface area (Å²) in [6.45, 7) is 1.91. The minimum atomic E-state index is -6.48. The van der Waals surface area contributed by atoms with E-state index in [2.05, 4.69) is 5.10 Å². The Morgan fingerprint density at radius 3 is 2.41 bits per heavy atom. The second-order valence-electron chi connectivity index (χ2n) is 6.76. The third-order valence-electron chi connectivity index (χ3n) is 4.32. The molecule has 186 valence electrons. The number of nitrogens with zero attached hydrogens (tertiary/aromatic N) is 1. The molecular weight excluding hydrogens is 501 g/mol. The molecular formula is C20H16ClF7N2O4. The Bertz CT molecular complexity index is 1060. The first-order chi connectivity index (χ1) is 15.9.